The van der Waals surface area contributed by atoms with Crippen molar-refractivity contribution in [3.05, 3.63) is 90.2 Å². The van der Waals surface area contributed by atoms with Crippen molar-refractivity contribution >= 4 is 34.9 Å². The van der Waals surface area contributed by atoms with Gasteiger partial charge in [-0.15, -0.1) is 0 Å². The van der Waals surface area contributed by atoms with Crippen molar-refractivity contribution in [2.24, 2.45) is 0 Å². The number of rotatable bonds is 6. The van der Waals surface area contributed by atoms with Crippen LogP contribution in [-0.4, -0.2) is 16.6 Å². The van der Waals surface area contributed by atoms with Crippen LogP contribution in [0.1, 0.15) is 11.1 Å². The van der Waals surface area contributed by atoms with E-state index in [4.69, 9.17) is 10.2 Å². The number of carbonyl (C=O) groups excluding carboxylic acids is 1. The summed E-state index contributed by atoms with van der Waals surface area (Å²) in [6.45, 7) is 0. The topological polar surface area (TPSA) is 120 Å². The zero-order valence-corrected chi connectivity index (χ0v) is 18.1. The molecule has 0 atom stereocenters. The van der Waals surface area contributed by atoms with Gasteiger partial charge in [-0.2, -0.15) is 10.5 Å². The number of pyridine rings is 1. The number of nitrogens with zero attached hydrogens (tertiary/aromatic N) is 4. The molecule has 160 valence electrons. The van der Waals surface area contributed by atoms with E-state index in [-0.39, 0.29) is 39.2 Å². The van der Waals surface area contributed by atoms with Crippen LogP contribution in [-0.2, 0) is 4.79 Å². The highest BCUT2D eigenvalue weighted by Gasteiger charge is 2.24. The molecule has 4 aromatic rings. The number of nitrogens with two attached hydrogens (primary N) is 1. The van der Waals surface area contributed by atoms with Gasteiger partial charge in [-0.25, -0.2) is 4.98 Å². The molecule has 0 saturated carbocycles. The van der Waals surface area contributed by atoms with Gasteiger partial charge in [0.25, 0.3) is 0 Å². The Bertz CT molecular complexity index is 1320. The van der Waals surface area contributed by atoms with Gasteiger partial charge in [0.05, 0.1) is 23.1 Å². The third-order valence-corrected chi connectivity index (χ3v) is 5.75. The summed E-state index contributed by atoms with van der Waals surface area (Å²) < 4.78 is 5.42. The molecule has 2 aromatic carbocycles. The second kappa shape index (κ2) is 9.73. The van der Waals surface area contributed by atoms with E-state index in [1.54, 1.807) is 17.0 Å². The molecule has 7 nitrogen and oxygen atoms in total. The van der Waals surface area contributed by atoms with Crippen LogP contribution < -0.4 is 10.6 Å². The Labute approximate surface area is 194 Å². The first-order chi connectivity index (χ1) is 16.1. The highest BCUT2D eigenvalue weighted by Crippen LogP contribution is 2.36. The molecule has 2 N–H and O–H groups in total. The van der Waals surface area contributed by atoms with Crippen LogP contribution in [0.5, 0.6) is 0 Å². The molecule has 33 heavy (non-hydrogen) atoms. The normalized spacial score (nSPS) is 10.2. The first-order valence-corrected chi connectivity index (χ1v) is 10.9. The van der Waals surface area contributed by atoms with Crippen molar-refractivity contribution < 1.29 is 9.21 Å². The van der Waals surface area contributed by atoms with Gasteiger partial charge in [0, 0.05) is 11.4 Å². The SMILES string of the molecule is N#Cc1c(N)nc(SCC(=O)N(c2ccccc2)c2ccccc2)c(C#N)c1-c1ccco1. The number of nitriles is 2. The van der Waals surface area contributed by atoms with Crippen LogP contribution in [0.3, 0.4) is 0 Å². The standard InChI is InChI=1S/C25H17N5O2S/c26-14-19-23(21-12-7-13-32-21)20(15-27)25(29-24(19)28)33-16-22(31)30(17-8-3-1-4-9-17)18-10-5-2-6-11-18/h1-13H,16H2,(H2,28,29). The Hall–Kier alpha value is -4.53. The lowest BCUT2D eigenvalue weighted by Crippen LogP contribution is -2.27. The molecule has 1 amide bonds. The van der Waals surface area contributed by atoms with Gasteiger partial charge in [0.15, 0.2) is 0 Å². The lowest BCUT2D eigenvalue weighted by Gasteiger charge is -2.23. The maximum absolute atomic E-state index is 13.3. The van der Waals surface area contributed by atoms with Gasteiger partial charge in [0.1, 0.15) is 34.3 Å². The molecule has 0 radical (unpaired) electrons. The summed E-state index contributed by atoms with van der Waals surface area (Å²) in [7, 11) is 0. The van der Waals surface area contributed by atoms with Gasteiger partial charge in [-0.3, -0.25) is 9.69 Å². The van der Waals surface area contributed by atoms with Crippen molar-refractivity contribution in [2.45, 2.75) is 5.03 Å². The van der Waals surface area contributed by atoms with E-state index in [0.29, 0.717) is 5.76 Å². The largest absolute Gasteiger partial charge is 0.464 e. The third kappa shape index (κ3) is 4.42. The zero-order chi connectivity index (χ0) is 23.2. The minimum Gasteiger partial charge on any atom is -0.464 e. The quantitative estimate of drug-likeness (QED) is 0.404. The van der Waals surface area contributed by atoms with Crippen molar-refractivity contribution in [3.8, 4) is 23.5 Å². The predicted molar refractivity (Wildman–Crippen MR) is 127 cm³/mol. The minimum absolute atomic E-state index is 0.00555. The summed E-state index contributed by atoms with van der Waals surface area (Å²) in [5.41, 5.74) is 7.93. The fraction of sp³-hybridized carbons (Fsp3) is 0.0400. The Morgan fingerprint density at radius 1 is 0.939 bits per heavy atom. The number of para-hydroxylation sites is 2. The summed E-state index contributed by atoms with van der Waals surface area (Å²) in [6.07, 6.45) is 1.45. The molecular weight excluding hydrogens is 434 g/mol. The number of aromatic nitrogens is 1. The monoisotopic (exact) mass is 451 g/mol. The molecular formula is C25H17N5O2S. The number of anilines is 3. The second-order valence-corrected chi connectivity index (χ2v) is 7.78. The lowest BCUT2D eigenvalue weighted by molar-refractivity contribution is -0.115. The highest BCUT2D eigenvalue weighted by molar-refractivity contribution is 8.00. The third-order valence-electron chi connectivity index (χ3n) is 4.79. The highest BCUT2D eigenvalue weighted by atomic mass is 32.2. The molecule has 0 fully saturated rings. The Morgan fingerprint density at radius 2 is 1.55 bits per heavy atom. The minimum atomic E-state index is -0.203. The molecule has 4 rings (SSSR count). The Morgan fingerprint density at radius 3 is 2.06 bits per heavy atom. The zero-order valence-electron chi connectivity index (χ0n) is 17.3. The van der Waals surface area contributed by atoms with E-state index >= 15 is 0 Å². The van der Waals surface area contributed by atoms with E-state index in [9.17, 15) is 15.3 Å². The predicted octanol–water partition coefficient (Wildman–Crippen LogP) is 5.12. The van der Waals surface area contributed by atoms with Crippen molar-refractivity contribution in [2.75, 3.05) is 16.4 Å². The summed E-state index contributed by atoms with van der Waals surface area (Å²) in [5, 5.41) is 19.7. The molecule has 0 spiro atoms. The molecule has 0 unspecified atom stereocenters. The fourth-order valence-corrected chi connectivity index (χ4v) is 4.20. The number of amides is 1. The van der Waals surface area contributed by atoms with Crippen LogP contribution in [0, 0.1) is 22.7 Å². The molecule has 0 saturated heterocycles. The number of thioether (sulfide) groups is 1. The first-order valence-electron chi connectivity index (χ1n) is 9.87. The van der Waals surface area contributed by atoms with Gasteiger partial charge in [-0.05, 0) is 36.4 Å². The Kier molecular flexibility index (Phi) is 6.40. The molecule has 0 aliphatic rings. The molecule has 0 aliphatic carbocycles. The van der Waals surface area contributed by atoms with Crippen molar-refractivity contribution in [1.82, 2.24) is 4.98 Å². The summed E-state index contributed by atoms with van der Waals surface area (Å²) >= 11 is 1.09. The van der Waals surface area contributed by atoms with Crippen molar-refractivity contribution in [1.29, 1.82) is 10.5 Å². The lowest BCUT2D eigenvalue weighted by atomic mass is 10.0. The number of benzene rings is 2. The number of furan rings is 1. The molecule has 8 heteroatoms. The Balaban J connectivity index is 1.69. The van der Waals surface area contributed by atoms with E-state index in [1.165, 1.54) is 6.26 Å². The van der Waals surface area contributed by atoms with Gasteiger partial charge in [0.2, 0.25) is 5.91 Å². The molecule has 0 bridgehead atoms. The van der Waals surface area contributed by atoms with Crippen LogP contribution in [0.2, 0.25) is 0 Å². The smallest absolute Gasteiger partial charge is 0.241 e. The van der Waals surface area contributed by atoms with Crippen LogP contribution in [0.15, 0.2) is 88.5 Å². The summed E-state index contributed by atoms with van der Waals surface area (Å²) in [5.74, 6) is 0.0981. The fourth-order valence-electron chi connectivity index (χ4n) is 3.36. The van der Waals surface area contributed by atoms with E-state index in [2.05, 4.69) is 11.1 Å². The van der Waals surface area contributed by atoms with Crippen molar-refractivity contribution in [3.63, 3.8) is 0 Å². The summed E-state index contributed by atoms with van der Waals surface area (Å²) in [6, 6.07) is 26.0. The van der Waals surface area contributed by atoms with Gasteiger partial charge in [-0.1, -0.05) is 48.2 Å². The number of hydrogen-bond donors (Lipinski definition) is 1. The summed E-state index contributed by atoms with van der Waals surface area (Å²) in [4.78, 5) is 19.2. The average molecular weight is 452 g/mol. The van der Waals surface area contributed by atoms with E-state index in [1.807, 2.05) is 66.7 Å². The van der Waals surface area contributed by atoms with Gasteiger partial charge < -0.3 is 10.2 Å². The molecule has 0 aliphatic heterocycles. The average Bonchev–Trinajstić information content (AvgIpc) is 3.38. The van der Waals surface area contributed by atoms with Crippen LogP contribution >= 0.6 is 11.8 Å². The second-order valence-electron chi connectivity index (χ2n) is 6.82. The van der Waals surface area contributed by atoms with Gasteiger partial charge >= 0.3 is 0 Å². The molecule has 2 heterocycles. The molecule has 2 aromatic heterocycles. The first kappa shape index (κ1) is 21.7. The number of hydrogen-bond acceptors (Lipinski definition) is 7. The van der Waals surface area contributed by atoms with E-state index in [0.717, 1.165) is 23.1 Å². The number of nitrogen functional groups attached to an aromatic ring is 1. The maximum atomic E-state index is 13.3. The maximum Gasteiger partial charge on any atom is 0.241 e. The number of carbonyl (C=O) groups is 1. The van der Waals surface area contributed by atoms with Crippen LogP contribution in [0.25, 0.3) is 11.3 Å². The van der Waals surface area contributed by atoms with E-state index < -0.39 is 0 Å². The van der Waals surface area contributed by atoms with Crippen LogP contribution in [0.4, 0.5) is 17.2 Å².